The molecule has 18 heavy (non-hydrogen) atoms. The summed E-state index contributed by atoms with van der Waals surface area (Å²) < 4.78 is 2.02. The van der Waals surface area contributed by atoms with Gasteiger partial charge in [0.15, 0.2) is 0 Å². The van der Waals surface area contributed by atoms with Crippen LogP contribution >= 0.6 is 0 Å². The van der Waals surface area contributed by atoms with Crippen molar-refractivity contribution < 1.29 is 0 Å². The molecule has 1 aromatic carbocycles. The van der Waals surface area contributed by atoms with Gasteiger partial charge < -0.3 is 0 Å². The van der Waals surface area contributed by atoms with E-state index in [4.69, 9.17) is 0 Å². The van der Waals surface area contributed by atoms with Crippen LogP contribution in [-0.4, -0.2) is 9.78 Å². The fraction of sp³-hybridized carbons (Fsp3) is 0.438. The Kier molecular flexibility index (Phi) is 3.55. The minimum Gasteiger partial charge on any atom is -0.270 e. The number of hydrogen-bond acceptors (Lipinski definition) is 1. The maximum atomic E-state index is 4.45. The molecular formula is C16H22N2. The Morgan fingerprint density at radius 3 is 2.39 bits per heavy atom. The van der Waals surface area contributed by atoms with Gasteiger partial charge >= 0.3 is 0 Å². The summed E-state index contributed by atoms with van der Waals surface area (Å²) >= 11 is 0. The molecule has 0 fully saturated rings. The summed E-state index contributed by atoms with van der Waals surface area (Å²) in [6, 6.07) is 6.94. The molecule has 0 aliphatic heterocycles. The van der Waals surface area contributed by atoms with E-state index >= 15 is 0 Å². The Hall–Kier alpha value is -1.57. The van der Waals surface area contributed by atoms with Crippen LogP contribution in [0.25, 0.3) is 11.1 Å². The molecule has 0 amide bonds. The molecule has 0 N–H and O–H groups in total. The zero-order valence-corrected chi connectivity index (χ0v) is 11.9. The van der Waals surface area contributed by atoms with Gasteiger partial charge in [-0.15, -0.1) is 0 Å². The zero-order chi connectivity index (χ0) is 13.3. The predicted octanol–water partition coefficient (Wildman–Crippen LogP) is 4.56. The van der Waals surface area contributed by atoms with Crippen LogP contribution in [0.3, 0.4) is 0 Å². The highest BCUT2D eigenvalue weighted by atomic mass is 15.3. The third kappa shape index (κ3) is 2.33. The average molecular weight is 242 g/mol. The van der Waals surface area contributed by atoms with Gasteiger partial charge in [-0.3, -0.25) is 4.68 Å². The van der Waals surface area contributed by atoms with Crippen molar-refractivity contribution >= 4 is 0 Å². The third-order valence-electron chi connectivity index (χ3n) is 3.35. The largest absolute Gasteiger partial charge is 0.270 e. The number of aromatic nitrogens is 2. The lowest BCUT2D eigenvalue weighted by atomic mass is 9.91. The van der Waals surface area contributed by atoms with E-state index in [0.717, 1.165) is 0 Å². The number of nitrogens with zero attached hydrogens (tertiary/aromatic N) is 2. The van der Waals surface area contributed by atoms with Gasteiger partial charge in [-0.25, -0.2) is 0 Å². The molecule has 0 bridgehead atoms. The monoisotopic (exact) mass is 242 g/mol. The van der Waals surface area contributed by atoms with Crippen LogP contribution in [0, 0.1) is 6.92 Å². The van der Waals surface area contributed by atoms with Crippen molar-refractivity contribution in [3.8, 4) is 11.1 Å². The predicted molar refractivity (Wildman–Crippen MR) is 76.9 cm³/mol. The molecule has 0 radical (unpaired) electrons. The highest BCUT2D eigenvalue weighted by molar-refractivity contribution is 5.70. The molecule has 0 saturated heterocycles. The summed E-state index contributed by atoms with van der Waals surface area (Å²) in [5.74, 6) is 0.530. The summed E-state index contributed by atoms with van der Waals surface area (Å²) in [5.41, 5.74) is 5.30. The minimum atomic E-state index is 0.408. The van der Waals surface area contributed by atoms with Crippen molar-refractivity contribution in [1.82, 2.24) is 9.78 Å². The molecule has 0 unspecified atom stereocenters. The van der Waals surface area contributed by atoms with E-state index < -0.39 is 0 Å². The zero-order valence-electron chi connectivity index (χ0n) is 11.9. The Morgan fingerprint density at radius 1 is 1.11 bits per heavy atom. The molecule has 0 aliphatic carbocycles. The first kappa shape index (κ1) is 12.9. The molecule has 96 valence electrons. The van der Waals surface area contributed by atoms with E-state index in [-0.39, 0.29) is 0 Å². The van der Waals surface area contributed by atoms with Gasteiger partial charge in [0.25, 0.3) is 0 Å². The Bertz CT molecular complexity index is 536. The first-order valence-corrected chi connectivity index (χ1v) is 6.64. The molecule has 2 heteroatoms. The van der Waals surface area contributed by atoms with Crippen LogP contribution in [0.5, 0.6) is 0 Å². The minimum absolute atomic E-state index is 0.408. The van der Waals surface area contributed by atoms with Crippen molar-refractivity contribution in [2.45, 2.75) is 46.6 Å². The lowest BCUT2D eigenvalue weighted by Gasteiger charge is -2.14. The van der Waals surface area contributed by atoms with E-state index in [9.17, 15) is 0 Å². The van der Waals surface area contributed by atoms with Crippen molar-refractivity contribution in [3.63, 3.8) is 0 Å². The quantitative estimate of drug-likeness (QED) is 0.771. The van der Waals surface area contributed by atoms with Gasteiger partial charge in [-0.05, 0) is 43.4 Å². The van der Waals surface area contributed by atoms with Gasteiger partial charge in [0.2, 0.25) is 0 Å². The van der Waals surface area contributed by atoms with Crippen LogP contribution in [0.2, 0.25) is 0 Å². The van der Waals surface area contributed by atoms with E-state index in [1.807, 2.05) is 10.9 Å². The number of hydrogen-bond donors (Lipinski definition) is 0. The average Bonchev–Trinajstić information content (AvgIpc) is 2.77. The van der Waals surface area contributed by atoms with Gasteiger partial charge in [-0.1, -0.05) is 32.0 Å². The summed E-state index contributed by atoms with van der Waals surface area (Å²) in [7, 11) is 0. The maximum absolute atomic E-state index is 4.45. The van der Waals surface area contributed by atoms with Crippen molar-refractivity contribution in [3.05, 3.63) is 41.7 Å². The number of aryl methyl sites for hydroxylation is 1. The Balaban J connectivity index is 2.55. The summed E-state index contributed by atoms with van der Waals surface area (Å²) in [6.07, 6.45) is 4.13. The first-order valence-electron chi connectivity index (χ1n) is 6.64. The molecule has 1 aromatic heterocycles. The second-order valence-corrected chi connectivity index (χ2v) is 5.50. The van der Waals surface area contributed by atoms with Crippen molar-refractivity contribution in [2.75, 3.05) is 0 Å². The van der Waals surface area contributed by atoms with Crippen molar-refractivity contribution in [1.29, 1.82) is 0 Å². The van der Waals surface area contributed by atoms with Gasteiger partial charge in [-0.2, -0.15) is 5.10 Å². The van der Waals surface area contributed by atoms with Crippen LogP contribution in [0.15, 0.2) is 30.6 Å². The Morgan fingerprint density at radius 2 is 1.83 bits per heavy atom. The normalized spacial score (nSPS) is 11.5. The Labute approximate surface area is 110 Å². The third-order valence-corrected chi connectivity index (χ3v) is 3.35. The second-order valence-electron chi connectivity index (χ2n) is 5.50. The van der Waals surface area contributed by atoms with E-state index in [0.29, 0.717) is 12.0 Å². The molecule has 1 heterocycles. The van der Waals surface area contributed by atoms with Crippen LogP contribution in [0.1, 0.15) is 50.8 Å². The second kappa shape index (κ2) is 4.97. The van der Waals surface area contributed by atoms with E-state index in [2.05, 4.69) is 64.1 Å². The van der Waals surface area contributed by atoms with Gasteiger partial charge in [0.05, 0.1) is 6.20 Å². The van der Waals surface area contributed by atoms with E-state index in [1.54, 1.807) is 0 Å². The van der Waals surface area contributed by atoms with Gasteiger partial charge in [0.1, 0.15) is 0 Å². The van der Waals surface area contributed by atoms with Gasteiger partial charge in [0, 0.05) is 17.8 Å². The van der Waals surface area contributed by atoms with Crippen LogP contribution in [0.4, 0.5) is 0 Å². The van der Waals surface area contributed by atoms with Crippen LogP contribution < -0.4 is 0 Å². The lowest BCUT2D eigenvalue weighted by Crippen LogP contribution is -2.00. The van der Waals surface area contributed by atoms with E-state index in [1.165, 1.54) is 22.3 Å². The number of benzene rings is 1. The number of rotatable bonds is 3. The standard InChI is InChI=1S/C16H22N2/c1-11(2)15-8-6-7-13(5)16(15)14-9-17-18(10-14)12(3)4/h6-12H,1-5H3. The molecule has 0 spiro atoms. The SMILES string of the molecule is Cc1cccc(C(C)C)c1-c1cnn(C(C)C)c1. The molecule has 0 atom stereocenters. The highest BCUT2D eigenvalue weighted by Gasteiger charge is 2.13. The summed E-state index contributed by atoms with van der Waals surface area (Å²) in [6.45, 7) is 11.0. The summed E-state index contributed by atoms with van der Waals surface area (Å²) in [4.78, 5) is 0. The molecular weight excluding hydrogens is 220 g/mol. The highest BCUT2D eigenvalue weighted by Crippen LogP contribution is 2.32. The first-order chi connectivity index (χ1) is 8.50. The van der Waals surface area contributed by atoms with Crippen molar-refractivity contribution in [2.24, 2.45) is 0 Å². The maximum Gasteiger partial charge on any atom is 0.0568 e. The van der Waals surface area contributed by atoms with Crippen LogP contribution in [-0.2, 0) is 0 Å². The lowest BCUT2D eigenvalue weighted by molar-refractivity contribution is 0.532. The molecule has 2 aromatic rings. The molecule has 2 rings (SSSR count). The fourth-order valence-corrected chi connectivity index (χ4v) is 2.32. The molecule has 2 nitrogen and oxygen atoms in total. The molecule has 0 aliphatic rings. The molecule has 0 saturated carbocycles. The summed E-state index contributed by atoms with van der Waals surface area (Å²) in [5, 5.41) is 4.45. The smallest absolute Gasteiger partial charge is 0.0568 e. The topological polar surface area (TPSA) is 17.8 Å². The fourth-order valence-electron chi connectivity index (χ4n) is 2.32.